The van der Waals surface area contributed by atoms with Gasteiger partial charge in [0.05, 0.1) is 0 Å². The van der Waals surface area contributed by atoms with Crippen LogP contribution in [0, 0.1) is 17.8 Å². The van der Waals surface area contributed by atoms with Gasteiger partial charge in [0.15, 0.2) is 0 Å². The molecule has 0 radical (unpaired) electrons. The van der Waals surface area contributed by atoms with Gasteiger partial charge < -0.3 is 9.47 Å². The lowest BCUT2D eigenvalue weighted by atomic mass is 9.73. The highest BCUT2D eigenvalue weighted by Crippen LogP contribution is 2.37. The van der Waals surface area contributed by atoms with Crippen LogP contribution >= 0.6 is 0 Å². The smallest absolute Gasteiger partial charge is 0.333 e. The van der Waals surface area contributed by atoms with E-state index in [-0.39, 0.29) is 30.0 Å². The van der Waals surface area contributed by atoms with E-state index in [1.807, 2.05) is 6.92 Å². The van der Waals surface area contributed by atoms with Crippen molar-refractivity contribution in [3.05, 3.63) is 12.2 Å². The average Bonchev–Trinajstić information content (AvgIpc) is 2.32. The zero-order chi connectivity index (χ0) is 15.4. The quantitative estimate of drug-likeness (QED) is 0.587. The first kappa shape index (κ1) is 16.7. The summed E-state index contributed by atoms with van der Waals surface area (Å²) in [5.41, 5.74) is 0.368. The first-order chi connectivity index (χ1) is 9.23. The van der Waals surface area contributed by atoms with Crippen LogP contribution in [0.5, 0.6) is 0 Å². The monoisotopic (exact) mass is 282 g/mol. The summed E-state index contributed by atoms with van der Waals surface area (Å²) in [6.07, 6.45) is 1.20. The van der Waals surface area contributed by atoms with Crippen molar-refractivity contribution in [1.82, 2.24) is 0 Å². The van der Waals surface area contributed by atoms with Gasteiger partial charge >= 0.3 is 11.9 Å². The molecule has 4 unspecified atom stereocenters. The molecule has 20 heavy (non-hydrogen) atoms. The SMILES string of the molecule is C=C(C)C(=O)OC1C(C(C)C)CCC(C)C1OC(C)=O. The van der Waals surface area contributed by atoms with Crippen molar-refractivity contribution in [2.45, 2.75) is 59.7 Å². The van der Waals surface area contributed by atoms with Gasteiger partial charge in [0, 0.05) is 18.4 Å². The summed E-state index contributed by atoms with van der Waals surface area (Å²) in [4.78, 5) is 23.2. The first-order valence-electron chi connectivity index (χ1n) is 7.27. The van der Waals surface area contributed by atoms with E-state index in [9.17, 15) is 9.59 Å². The minimum atomic E-state index is -0.410. The highest BCUT2D eigenvalue weighted by molar-refractivity contribution is 5.87. The minimum Gasteiger partial charge on any atom is -0.458 e. The molecule has 4 nitrogen and oxygen atoms in total. The van der Waals surface area contributed by atoms with Crippen LogP contribution in [0.1, 0.15) is 47.5 Å². The molecule has 0 aromatic heterocycles. The predicted octanol–water partition coefficient (Wildman–Crippen LogP) is 3.11. The third kappa shape index (κ3) is 4.09. The molecule has 0 aromatic rings. The Morgan fingerprint density at radius 2 is 1.70 bits per heavy atom. The van der Waals surface area contributed by atoms with Gasteiger partial charge in [-0.05, 0) is 31.6 Å². The van der Waals surface area contributed by atoms with E-state index in [0.29, 0.717) is 11.5 Å². The molecule has 0 spiro atoms. The molecule has 0 N–H and O–H groups in total. The average molecular weight is 282 g/mol. The second-order valence-electron chi connectivity index (χ2n) is 6.19. The fourth-order valence-corrected chi connectivity index (χ4v) is 2.82. The Bertz CT molecular complexity index is 386. The van der Waals surface area contributed by atoms with E-state index < -0.39 is 5.97 Å². The second kappa shape index (κ2) is 6.91. The summed E-state index contributed by atoms with van der Waals surface area (Å²) in [7, 11) is 0. The van der Waals surface area contributed by atoms with Crippen molar-refractivity contribution in [3.8, 4) is 0 Å². The molecule has 0 bridgehead atoms. The van der Waals surface area contributed by atoms with Gasteiger partial charge in [0.1, 0.15) is 12.2 Å². The molecular formula is C16H26O4. The predicted molar refractivity (Wildman–Crippen MR) is 77.0 cm³/mol. The number of rotatable bonds is 4. The van der Waals surface area contributed by atoms with Crippen LogP contribution in [-0.2, 0) is 19.1 Å². The maximum absolute atomic E-state index is 11.9. The maximum atomic E-state index is 11.9. The van der Waals surface area contributed by atoms with Gasteiger partial charge in [-0.3, -0.25) is 4.79 Å². The summed E-state index contributed by atoms with van der Waals surface area (Å²) < 4.78 is 11.0. The number of ether oxygens (including phenoxy) is 2. The number of carbonyl (C=O) groups is 2. The molecule has 1 fully saturated rings. The lowest BCUT2D eigenvalue weighted by Gasteiger charge is -2.42. The van der Waals surface area contributed by atoms with Crippen LogP contribution in [0.25, 0.3) is 0 Å². The van der Waals surface area contributed by atoms with Gasteiger partial charge in [-0.1, -0.05) is 27.4 Å². The molecule has 1 rings (SSSR count). The summed E-state index contributed by atoms with van der Waals surface area (Å²) in [6.45, 7) is 12.9. The number of esters is 2. The standard InChI is InChI=1S/C16H26O4/c1-9(2)13-8-7-11(5)14(19-12(6)17)15(13)20-16(18)10(3)4/h9,11,13-15H,3,7-8H2,1-2,4-6H3. The van der Waals surface area contributed by atoms with Crippen LogP contribution in [-0.4, -0.2) is 24.1 Å². The van der Waals surface area contributed by atoms with Gasteiger partial charge in [0.25, 0.3) is 0 Å². The Balaban J connectivity index is 2.97. The van der Waals surface area contributed by atoms with Crippen LogP contribution in [0.3, 0.4) is 0 Å². The summed E-state index contributed by atoms with van der Waals surface area (Å²) >= 11 is 0. The first-order valence-corrected chi connectivity index (χ1v) is 7.27. The highest BCUT2D eigenvalue weighted by Gasteiger charge is 2.43. The molecule has 0 aromatic carbocycles. The Labute approximate surface area is 121 Å². The van der Waals surface area contributed by atoms with Gasteiger partial charge in [-0.15, -0.1) is 0 Å². The van der Waals surface area contributed by atoms with Crippen molar-refractivity contribution in [2.24, 2.45) is 17.8 Å². The molecule has 114 valence electrons. The summed E-state index contributed by atoms with van der Waals surface area (Å²) in [5, 5.41) is 0. The molecule has 0 amide bonds. The van der Waals surface area contributed by atoms with Crippen LogP contribution < -0.4 is 0 Å². The van der Waals surface area contributed by atoms with Gasteiger partial charge in [-0.2, -0.15) is 0 Å². The van der Waals surface area contributed by atoms with Crippen molar-refractivity contribution in [1.29, 1.82) is 0 Å². The Morgan fingerprint density at radius 3 is 2.15 bits per heavy atom. The molecule has 1 aliphatic carbocycles. The van der Waals surface area contributed by atoms with E-state index in [0.717, 1.165) is 12.8 Å². The largest absolute Gasteiger partial charge is 0.458 e. The maximum Gasteiger partial charge on any atom is 0.333 e. The molecule has 4 atom stereocenters. The molecular weight excluding hydrogens is 256 g/mol. The van der Waals surface area contributed by atoms with Crippen molar-refractivity contribution >= 4 is 11.9 Å². The zero-order valence-corrected chi connectivity index (χ0v) is 13.1. The lowest BCUT2D eigenvalue weighted by Crippen LogP contribution is -2.49. The molecule has 0 saturated heterocycles. The van der Waals surface area contributed by atoms with E-state index in [1.165, 1.54) is 6.92 Å². The van der Waals surface area contributed by atoms with Crippen LogP contribution in [0.4, 0.5) is 0 Å². The highest BCUT2D eigenvalue weighted by atomic mass is 16.6. The number of hydrogen-bond donors (Lipinski definition) is 0. The summed E-state index contributed by atoms with van der Waals surface area (Å²) in [5.74, 6) is 0.0219. The molecule has 0 aliphatic heterocycles. The second-order valence-corrected chi connectivity index (χ2v) is 6.19. The molecule has 1 saturated carbocycles. The third-order valence-corrected chi connectivity index (χ3v) is 4.01. The Morgan fingerprint density at radius 1 is 1.10 bits per heavy atom. The number of carbonyl (C=O) groups excluding carboxylic acids is 2. The molecule has 4 heteroatoms. The molecule has 0 heterocycles. The van der Waals surface area contributed by atoms with Crippen LogP contribution in [0.2, 0.25) is 0 Å². The Hall–Kier alpha value is -1.32. The van der Waals surface area contributed by atoms with Crippen molar-refractivity contribution in [2.75, 3.05) is 0 Å². The topological polar surface area (TPSA) is 52.6 Å². The number of hydrogen-bond acceptors (Lipinski definition) is 4. The van der Waals surface area contributed by atoms with E-state index in [2.05, 4.69) is 20.4 Å². The Kier molecular flexibility index (Phi) is 5.78. The van der Waals surface area contributed by atoms with E-state index in [1.54, 1.807) is 6.92 Å². The van der Waals surface area contributed by atoms with Crippen molar-refractivity contribution < 1.29 is 19.1 Å². The van der Waals surface area contributed by atoms with Crippen LogP contribution in [0.15, 0.2) is 12.2 Å². The van der Waals surface area contributed by atoms with Crippen molar-refractivity contribution in [3.63, 3.8) is 0 Å². The summed E-state index contributed by atoms with van der Waals surface area (Å²) in [6, 6.07) is 0. The van der Waals surface area contributed by atoms with E-state index >= 15 is 0 Å². The molecule has 1 aliphatic rings. The zero-order valence-electron chi connectivity index (χ0n) is 13.1. The van der Waals surface area contributed by atoms with E-state index in [4.69, 9.17) is 9.47 Å². The van der Waals surface area contributed by atoms with Gasteiger partial charge in [-0.25, -0.2) is 4.79 Å². The normalized spacial score (nSPS) is 29.9. The fraction of sp³-hybridized carbons (Fsp3) is 0.750. The van der Waals surface area contributed by atoms with Gasteiger partial charge in [0.2, 0.25) is 0 Å². The minimum absolute atomic E-state index is 0.192. The lowest BCUT2D eigenvalue weighted by molar-refractivity contribution is -0.181. The fourth-order valence-electron chi connectivity index (χ4n) is 2.82. The third-order valence-electron chi connectivity index (χ3n) is 4.01.